The number of hydrogen-bond donors (Lipinski definition) is 0. The number of aromatic nitrogens is 1. The molecule has 0 fully saturated rings. The Bertz CT molecular complexity index is 969. The summed E-state index contributed by atoms with van der Waals surface area (Å²) >= 11 is 0. The Morgan fingerprint density at radius 2 is 1.68 bits per heavy atom. The number of ketones is 1. The molecule has 25 heavy (non-hydrogen) atoms. The average Bonchev–Trinajstić information content (AvgIpc) is 3.03. The summed E-state index contributed by atoms with van der Waals surface area (Å²) < 4.78 is 5.81. The van der Waals surface area contributed by atoms with Gasteiger partial charge < -0.3 is 4.42 Å². The number of benzene rings is 2. The van der Waals surface area contributed by atoms with Crippen LogP contribution in [0.2, 0.25) is 0 Å². The smallest absolute Gasteiger partial charge is 0.231 e. The molecule has 0 saturated heterocycles. The Labute approximate surface area is 146 Å². The van der Waals surface area contributed by atoms with Crippen molar-refractivity contribution < 1.29 is 9.21 Å². The van der Waals surface area contributed by atoms with Crippen molar-refractivity contribution in [3.05, 3.63) is 83.1 Å². The van der Waals surface area contributed by atoms with Crippen molar-refractivity contribution in [3.8, 4) is 0 Å². The van der Waals surface area contributed by atoms with Crippen molar-refractivity contribution in [1.29, 1.82) is 0 Å². The zero-order chi connectivity index (χ0) is 17.4. The highest BCUT2D eigenvalue weighted by molar-refractivity contribution is 6.28. The lowest BCUT2D eigenvalue weighted by molar-refractivity contribution is 0.101. The van der Waals surface area contributed by atoms with E-state index in [-0.39, 0.29) is 5.78 Å². The maximum absolute atomic E-state index is 12.8. The monoisotopic (exact) mass is 330 g/mol. The van der Waals surface area contributed by atoms with Crippen LogP contribution in [-0.2, 0) is 6.42 Å². The van der Waals surface area contributed by atoms with Crippen LogP contribution >= 0.6 is 0 Å². The highest BCUT2D eigenvalue weighted by Gasteiger charge is 2.33. The summed E-state index contributed by atoms with van der Waals surface area (Å²) in [6.45, 7) is 4.19. The minimum Gasteiger partial charge on any atom is -0.436 e. The predicted molar refractivity (Wildman–Crippen MR) is 96.7 cm³/mol. The molecule has 0 atom stereocenters. The molecule has 4 heteroatoms. The molecule has 1 aromatic heterocycles. The first-order valence-corrected chi connectivity index (χ1v) is 8.41. The Morgan fingerprint density at radius 3 is 2.40 bits per heavy atom. The number of rotatable bonds is 3. The number of fused-ring (bicyclic) bond motifs is 2. The Balaban J connectivity index is 1.92. The maximum atomic E-state index is 12.8. The van der Waals surface area contributed by atoms with Gasteiger partial charge in [-0.25, -0.2) is 9.98 Å². The van der Waals surface area contributed by atoms with Crippen LogP contribution in [0.25, 0.3) is 0 Å². The van der Waals surface area contributed by atoms with E-state index >= 15 is 0 Å². The van der Waals surface area contributed by atoms with Gasteiger partial charge in [-0.2, -0.15) is 0 Å². The highest BCUT2D eigenvalue weighted by atomic mass is 16.4. The fourth-order valence-corrected chi connectivity index (χ4v) is 3.00. The summed E-state index contributed by atoms with van der Waals surface area (Å²) in [6, 6.07) is 17.2. The van der Waals surface area contributed by atoms with Gasteiger partial charge in [0.1, 0.15) is 11.4 Å². The molecule has 0 bridgehead atoms. The van der Waals surface area contributed by atoms with Crippen LogP contribution in [0.5, 0.6) is 0 Å². The van der Waals surface area contributed by atoms with Gasteiger partial charge in [-0.1, -0.05) is 56.3 Å². The van der Waals surface area contributed by atoms with E-state index in [4.69, 9.17) is 9.41 Å². The molecule has 0 N–H and O–H groups in total. The molecular weight excluding hydrogens is 312 g/mol. The van der Waals surface area contributed by atoms with Crippen LogP contribution in [-0.4, -0.2) is 16.5 Å². The molecule has 124 valence electrons. The van der Waals surface area contributed by atoms with E-state index in [1.165, 1.54) is 0 Å². The summed E-state index contributed by atoms with van der Waals surface area (Å²) in [5.41, 5.74) is 3.46. The first-order chi connectivity index (χ1) is 12.1. The van der Waals surface area contributed by atoms with Crippen LogP contribution < -0.4 is 0 Å². The van der Waals surface area contributed by atoms with Gasteiger partial charge in [0.2, 0.25) is 11.5 Å². The van der Waals surface area contributed by atoms with E-state index in [0.717, 1.165) is 11.3 Å². The first-order valence-electron chi connectivity index (χ1n) is 8.41. The number of hydrogen-bond acceptors (Lipinski definition) is 4. The Kier molecular flexibility index (Phi) is 3.80. The molecule has 4 rings (SSSR count). The number of carbonyl (C=O) groups is 1. The van der Waals surface area contributed by atoms with Crippen molar-refractivity contribution in [2.24, 2.45) is 10.9 Å². The van der Waals surface area contributed by atoms with Crippen molar-refractivity contribution in [2.45, 2.75) is 20.3 Å². The quantitative estimate of drug-likeness (QED) is 0.552. The fraction of sp³-hybridized carbons (Fsp3) is 0.190. The molecule has 3 aromatic rings. The van der Waals surface area contributed by atoms with E-state index in [1.54, 1.807) is 0 Å². The summed E-state index contributed by atoms with van der Waals surface area (Å²) in [5.74, 6) is 1.15. The van der Waals surface area contributed by atoms with Crippen molar-refractivity contribution >= 4 is 17.2 Å². The van der Waals surface area contributed by atoms with Crippen LogP contribution in [0.3, 0.4) is 0 Å². The van der Waals surface area contributed by atoms with Crippen molar-refractivity contribution in [3.63, 3.8) is 0 Å². The second-order valence-electron chi connectivity index (χ2n) is 6.55. The standard InChI is InChI=1S/C21H18N2O2/c1-13(2)12-17-23-19-18(22-14-8-4-3-5-9-14)15-10-6-7-11-16(15)20(24)21(19)25-17/h3-11,13H,12H2,1-2H3. The fourth-order valence-electron chi connectivity index (χ4n) is 3.00. The van der Waals surface area contributed by atoms with Gasteiger partial charge in [-0.15, -0.1) is 0 Å². The SMILES string of the molecule is CC(C)Cc1nc2c(o1)C(=O)c1ccccc1C2=Nc1ccccc1. The molecule has 0 spiro atoms. The lowest BCUT2D eigenvalue weighted by Crippen LogP contribution is -2.20. The molecular formula is C21H18N2O2. The number of carbonyl (C=O) groups excluding carboxylic acids is 1. The van der Waals surface area contributed by atoms with Gasteiger partial charge >= 0.3 is 0 Å². The third-order valence-corrected chi connectivity index (χ3v) is 4.11. The molecule has 4 nitrogen and oxygen atoms in total. The summed E-state index contributed by atoms with van der Waals surface area (Å²) in [6.07, 6.45) is 0.690. The second kappa shape index (κ2) is 6.13. The Morgan fingerprint density at radius 1 is 1.00 bits per heavy atom. The zero-order valence-corrected chi connectivity index (χ0v) is 14.2. The minimum absolute atomic E-state index is 0.125. The maximum Gasteiger partial charge on any atom is 0.231 e. The Hall–Kier alpha value is -3.01. The van der Waals surface area contributed by atoms with Crippen LogP contribution in [0, 0.1) is 5.92 Å². The van der Waals surface area contributed by atoms with E-state index in [9.17, 15) is 4.79 Å². The molecule has 0 unspecified atom stereocenters. The van der Waals surface area contributed by atoms with Gasteiger partial charge in [0.05, 0.1) is 5.69 Å². The van der Waals surface area contributed by atoms with Gasteiger partial charge in [-0.05, 0) is 18.1 Å². The normalized spacial score (nSPS) is 14.7. The summed E-state index contributed by atoms with van der Waals surface area (Å²) in [5, 5.41) is 0. The summed E-state index contributed by atoms with van der Waals surface area (Å²) in [4.78, 5) is 22.2. The number of oxazole rings is 1. The predicted octanol–water partition coefficient (Wildman–Crippen LogP) is 4.59. The lowest BCUT2D eigenvalue weighted by Gasteiger charge is -2.15. The first kappa shape index (κ1) is 15.5. The molecule has 0 radical (unpaired) electrons. The third kappa shape index (κ3) is 2.80. The van der Waals surface area contributed by atoms with Gasteiger partial charge in [0.15, 0.2) is 5.89 Å². The molecule has 1 aliphatic rings. The van der Waals surface area contributed by atoms with Crippen molar-refractivity contribution in [1.82, 2.24) is 4.98 Å². The van der Waals surface area contributed by atoms with E-state index in [2.05, 4.69) is 18.8 Å². The van der Waals surface area contributed by atoms with Crippen LogP contribution in [0.15, 0.2) is 64.0 Å². The molecule has 1 aliphatic carbocycles. The average molecular weight is 330 g/mol. The van der Waals surface area contributed by atoms with Gasteiger partial charge in [0, 0.05) is 17.5 Å². The molecule has 1 heterocycles. The van der Waals surface area contributed by atoms with E-state index < -0.39 is 0 Å². The number of aliphatic imine (C=N–C) groups is 1. The minimum atomic E-state index is -0.125. The lowest BCUT2D eigenvalue weighted by atomic mass is 9.90. The topological polar surface area (TPSA) is 55.5 Å². The molecule has 0 saturated carbocycles. The number of nitrogens with zero attached hydrogens (tertiary/aromatic N) is 2. The second-order valence-corrected chi connectivity index (χ2v) is 6.55. The van der Waals surface area contributed by atoms with Gasteiger partial charge in [-0.3, -0.25) is 4.79 Å². The zero-order valence-electron chi connectivity index (χ0n) is 14.2. The summed E-state index contributed by atoms with van der Waals surface area (Å²) in [7, 11) is 0. The van der Waals surface area contributed by atoms with E-state index in [0.29, 0.717) is 41.0 Å². The molecule has 0 amide bonds. The molecule has 2 aromatic carbocycles. The third-order valence-electron chi connectivity index (χ3n) is 4.11. The highest BCUT2D eigenvalue weighted by Crippen LogP contribution is 2.30. The van der Waals surface area contributed by atoms with E-state index in [1.807, 2.05) is 54.6 Å². The van der Waals surface area contributed by atoms with Gasteiger partial charge in [0.25, 0.3) is 0 Å². The van der Waals surface area contributed by atoms with Crippen molar-refractivity contribution in [2.75, 3.05) is 0 Å². The largest absolute Gasteiger partial charge is 0.436 e. The number of para-hydroxylation sites is 1. The van der Waals surface area contributed by atoms with Crippen LogP contribution in [0.1, 0.15) is 47.1 Å². The molecule has 0 aliphatic heterocycles. The van der Waals surface area contributed by atoms with Crippen LogP contribution in [0.4, 0.5) is 5.69 Å².